The Kier molecular flexibility index (Phi) is 4.11. The normalized spacial score (nSPS) is 11.2. The Hall–Kier alpha value is -0.820. The maximum Gasteiger partial charge on any atom is 0.191 e. The second-order valence-corrected chi connectivity index (χ2v) is 5.77. The summed E-state index contributed by atoms with van der Waals surface area (Å²) >= 11 is 5.28. The van der Waals surface area contributed by atoms with Gasteiger partial charge in [0.1, 0.15) is 5.82 Å². The predicted octanol–water partition coefficient (Wildman–Crippen LogP) is 2.70. The first-order valence-electron chi connectivity index (χ1n) is 5.75. The van der Waals surface area contributed by atoms with Crippen molar-refractivity contribution in [2.75, 3.05) is 0 Å². The third kappa shape index (κ3) is 2.47. The zero-order valence-corrected chi connectivity index (χ0v) is 13.3. The van der Waals surface area contributed by atoms with Crippen LogP contribution in [-0.2, 0) is 19.3 Å². The average molecular weight is 330 g/mol. The number of halogens is 1. The maximum absolute atomic E-state index is 4.48. The summed E-state index contributed by atoms with van der Waals surface area (Å²) in [5, 5.41) is 13.6. The smallest absolute Gasteiger partial charge is 0.191 e. The Balaban J connectivity index is 2.18. The molecule has 0 amide bonds. The van der Waals surface area contributed by atoms with Crippen LogP contribution in [0.2, 0.25) is 0 Å². The van der Waals surface area contributed by atoms with E-state index in [1.807, 2.05) is 30.1 Å². The van der Waals surface area contributed by atoms with Gasteiger partial charge in [0.2, 0.25) is 0 Å². The molecule has 7 heteroatoms. The van der Waals surface area contributed by atoms with Gasteiger partial charge in [0.05, 0.1) is 15.9 Å². The molecule has 0 bridgehead atoms. The topological polar surface area (TPSA) is 48.5 Å². The Morgan fingerprint density at radius 2 is 2.00 bits per heavy atom. The van der Waals surface area contributed by atoms with Gasteiger partial charge in [0.15, 0.2) is 5.16 Å². The van der Waals surface area contributed by atoms with E-state index >= 15 is 0 Å². The first-order valence-corrected chi connectivity index (χ1v) is 7.53. The van der Waals surface area contributed by atoms with Crippen molar-refractivity contribution in [3.63, 3.8) is 0 Å². The highest BCUT2D eigenvalue weighted by atomic mass is 79.9. The minimum Gasteiger partial charge on any atom is -0.309 e. The van der Waals surface area contributed by atoms with Crippen LogP contribution in [0.3, 0.4) is 0 Å². The molecule has 18 heavy (non-hydrogen) atoms. The monoisotopic (exact) mass is 329 g/mol. The molecule has 0 fully saturated rings. The summed E-state index contributed by atoms with van der Waals surface area (Å²) in [7, 11) is 1.98. The van der Waals surface area contributed by atoms with E-state index in [0.29, 0.717) is 0 Å². The molecule has 0 saturated carbocycles. The summed E-state index contributed by atoms with van der Waals surface area (Å²) in [6.45, 7) is 6.93. The second-order valence-electron chi connectivity index (χ2n) is 4.04. The molecule has 0 N–H and O–H groups in total. The SMILES string of the molecule is CCn1nc(C)c(Br)c1CSc1nnc(C)n1C. The van der Waals surface area contributed by atoms with E-state index in [-0.39, 0.29) is 0 Å². The van der Waals surface area contributed by atoms with Gasteiger partial charge in [0, 0.05) is 19.3 Å². The van der Waals surface area contributed by atoms with Crippen LogP contribution >= 0.6 is 27.7 Å². The van der Waals surface area contributed by atoms with E-state index in [2.05, 4.69) is 38.1 Å². The van der Waals surface area contributed by atoms with Crippen LogP contribution < -0.4 is 0 Å². The quantitative estimate of drug-likeness (QED) is 0.809. The number of thioether (sulfide) groups is 1. The first kappa shape index (κ1) is 13.6. The van der Waals surface area contributed by atoms with E-state index in [4.69, 9.17) is 0 Å². The van der Waals surface area contributed by atoms with Gasteiger partial charge < -0.3 is 4.57 Å². The molecule has 0 unspecified atom stereocenters. The Labute approximate surface area is 119 Å². The molecule has 98 valence electrons. The summed E-state index contributed by atoms with van der Waals surface area (Å²) in [5.74, 6) is 1.76. The van der Waals surface area contributed by atoms with Crippen LogP contribution in [0.15, 0.2) is 9.63 Å². The average Bonchev–Trinajstić information content (AvgIpc) is 2.81. The minimum absolute atomic E-state index is 0.835. The molecular weight excluding hydrogens is 314 g/mol. The van der Waals surface area contributed by atoms with Crippen molar-refractivity contribution in [3.8, 4) is 0 Å². The molecule has 0 aliphatic carbocycles. The van der Waals surface area contributed by atoms with Gasteiger partial charge in [-0.3, -0.25) is 4.68 Å². The second kappa shape index (κ2) is 5.44. The van der Waals surface area contributed by atoms with Crippen LogP contribution in [0.5, 0.6) is 0 Å². The molecule has 0 spiro atoms. The Morgan fingerprint density at radius 3 is 2.56 bits per heavy atom. The molecule has 0 aliphatic heterocycles. The Morgan fingerprint density at radius 1 is 1.28 bits per heavy atom. The van der Waals surface area contributed by atoms with E-state index in [9.17, 15) is 0 Å². The molecule has 2 aromatic rings. The van der Waals surface area contributed by atoms with Gasteiger partial charge in [0.25, 0.3) is 0 Å². The Bertz CT molecular complexity index is 560. The highest BCUT2D eigenvalue weighted by Crippen LogP contribution is 2.28. The zero-order chi connectivity index (χ0) is 13.3. The molecular formula is C11H16BrN5S. The number of hydrogen-bond acceptors (Lipinski definition) is 4. The fourth-order valence-corrected chi connectivity index (χ4v) is 3.25. The summed E-state index contributed by atoms with van der Waals surface area (Å²) in [6, 6.07) is 0. The molecule has 5 nitrogen and oxygen atoms in total. The lowest BCUT2D eigenvalue weighted by Crippen LogP contribution is -2.02. The first-order chi connectivity index (χ1) is 8.54. The van der Waals surface area contributed by atoms with Gasteiger partial charge >= 0.3 is 0 Å². The van der Waals surface area contributed by atoms with Crippen LogP contribution in [0.25, 0.3) is 0 Å². The molecule has 0 aromatic carbocycles. The summed E-state index contributed by atoms with van der Waals surface area (Å²) in [4.78, 5) is 0. The highest BCUT2D eigenvalue weighted by molar-refractivity contribution is 9.10. The van der Waals surface area contributed by atoms with Gasteiger partial charge in [-0.25, -0.2) is 0 Å². The van der Waals surface area contributed by atoms with Crippen LogP contribution in [0.1, 0.15) is 24.1 Å². The van der Waals surface area contributed by atoms with Crippen molar-refractivity contribution >= 4 is 27.7 Å². The van der Waals surface area contributed by atoms with Crippen molar-refractivity contribution in [2.24, 2.45) is 7.05 Å². The molecule has 2 rings (SSSR count). The van der Waals surface area contributed by atoms with E-state index in [1.165, 1.54) is 5.69 Å². The van der Waals surface area contributed by atoms with Gasteiger partial charge in [-0.05, 0) is 36.7 Å². The minimum atomic E-state index is 0.835. The van der Waals surface area contributed by atoms with E-state index in [0.717, 1.165) is 33.4 Å². The fourth-order valence-electron chi connectivity index (χ4n) is 1.65. The van der Waals surface area contributed by atoms with Crippen molar-refractivity contribution in [1.82, 2.24) is 24.5 Å². The summed E-state index contributed by atoms with van der Waals surface area (Å²) in [5.41, 5.74) is 2.22. The number of hydrogen-bond donors (Lipinski definition) is 0. The summed E-state index contributed by atoms with van der Waals surface area (Å²) in [6.07, 6.45) is 0. The van der Waals surface area contributed by atoms with Gasteiger partial charge in [-0.2, -0.15) is 5.10 Å². The molecule has 2 heterocycles. The van der Waals surface area contributed by atoms with Crippen LogP contribution in [0.4, 0.5) is 0 Å². The molecule has 2 aromatic heterocycles. The third-order valence-corrected chi connectivity index (χ3v) is 4.91. The van der Waals surface area contributed by atoms with Crippen molar-refractivity contribution in [3.05, 3.63) is 21.7 Å². The lowest BCUT2D eigenvalue weighted by atomic mass is 10.4. The van der Waals surface area contributed by atoms with Crippen molar-refractivity contribution < 1.29 is 0 Å². The maximum atomic E-state index is 4.48. The molecule has 0 aliphatic rings. The van der Waals surface area contributed by atoms with Crippen LogP contribution in [-0.4, -0.2) is 24.5 Å². The molecule has 0 radical (unpaired) electrons. The van der Waals surface area contributed by atoms with Crippen molar-refractivity contribution in [1.29, 1.82) is 0 Å². The number of nitrogens with zero attached hydrogens (tertiary/aromatic N) is 5. The van der Waals surface area contributed by atoms with E-state index in [1.54, 1.807) is 11.8 Å². The standard InChI is InChI=1S/C11H16BrN5S/c1-5-17-9(10(12)7(2)15-17)6-18-11-14-13-8(3)16(11)4/h5-6H2,1-4H3. The predicted molar refractivity (Wildman–Crippen MR) is 75.6 cm³/mol. The van der Waals surface area contributed by atoms with Gasteiger partial charge in [-0.1, -0.05) is 11.8 Å². The van der Waals surface area contributed by atoms with Crippen molar-refractivity contribution in [2.45, 2.75) is 38.2 Å². The number of aryl methyl sites for hydroxylation is 3. The number of rotatable bonds is 4. The van der Waals surface area contributed by atoms with E-state index < -0.39 is 0 Å². The lowest BCUT2D eigenvalue weighted by Gasteiger charge is -2.05. The third-order valence-electron chi connectivity index (χ3n) is 2.84. The lowest BCUT2D eigenvalue weighted by molar-refractivity contribution is 0.631. The molecule has 0 atom stereocenters. The fraction of sp³-hybridized carbons (Fsp3) is 0.545. The largest absolute Gasteiger partial charge is 0.309 e. The number of aromatic nitrogens is 5. The van der Waals surface area contributed by atoms with Gasteiger partial charge in [-0.15, -0.1) is 10.2 Å². The highest BCUT2D eigenvalue weighted by Gasteiger charge is 2.14. The van der Waals surface area contributed by atoms with Crippen LogP contribution in [0, 0.1) is 13.8 Å². The zero-order valence-electron chi connectivity index (χ0n) is 10.9. The molecule has 0 saturated heterocycles. The summed E-state index contributed by atoms with van der Waals surface area (Å²) < 4.78 is 5.11.